The Morgan fingerprint density at radius 2 is 1.67 bits per heavy atom. The van der Waals surface area contributed by atoms with E-state index in [0.29, 0.717) is 22.6 Å². The Hall–Kier alpha value is -3.00. The minimum atomic E-state index is -5.06. The van der Waals surface area contributed by atoms with E-state index in [-0.39, 0.29) is 10.7 Å². The largest absolute Gasteiger partial charge is 0.457 e. The van der Waals surface area contributed by atoms with Crippen LogP contribution in [0.5, 0.6) is 11.5 Å². The van der Waals surface area contributed by atoms with Crippen LogP contribution in [0.2, 0.25) is 0 Å². The normalized spacial score (nSPS) is 21.9. The molecule has 0 saturated carbocycles. The van der Waals surface area contributed by atoms with E-state index >= 15 is 0 Å². The van der Waals surface area contributed by atoms with Gasteiger partial charge in [0, 0.05) is 23.2 Å². The van der Waals surface area contributed by atoms with E-state index in [0.717, 1.165) is 0 Å². The van der Waals surface area contributed by atoms with Gasteiger partial charge in [0.25, 0.3) is 11.6 Å². The Balaban J connectivity index is 1.84. The molecule has 4 rings (SSSR count). The minimum absolute atomic E-state index is 0.100. The van der Waals surface area contributed by atoms with Crippen LogP contribution in [0.15, 0.2) is 60.8 Å². The second-order valence-corrected chi connectivity index (χ2v) is 6.49. The number of nitrogens with zero attached hydrogens (tertiary/aromatic N) is 1. The van der Waals surface area contributed by atoms with Crippen LogP contribution in [0.1, 0.15) is 23.5 Å². The van der Waals surface area contributed by atoms with Crippen molar-refractivity contribution < 1.29 is 27.8 Å². The Kier molecular flexibility index (Phi) is 3.71. The fraction of sp³-hybridized carbons (Fsp3) is 0.211. The van der Waals surface area contributed by atoms with Gasteiger partial charge in [0.15, 0.2) is 0 Å². The van der Waals surface area contributed by atoms with Gasteiger partial charge in [-0.15, -0.1) is 0 Å². The van der Waals surface area contributed by atoms with Crippen molar-refractivity contribution >= 4 is 5.91 Å². The number of amides is 1. The summed E-state index contributed by atoms with van der Waals surface area (Å²) in [4.78, 5) is 13.2. The molecule has 2 aliphatic heterocycles. The number of carbonyl (C=O) groups is 1. The van der Waals surface area contributed by atoms with Crippen LogP contribution in [0.25, 0.3) is 0 Å². The van der Waals surface area contributed by atoms with Crippen molar-refractivity contribution in [3.63, 3.8) is 0 Å². The number of ether oxygens (including phenoxy) is 1. The number of rotatable bonds is 1. The van der Waals surface area contributed by atoms with Crippen molar-refractivity contribution in [3.05, 3.63) is 71.9 Å². The summed E-state index contributed by atoms with van der Waals surface area (Å²) in [5.41, 5.74) is -0.341. The molecular weight excluding hydrogens is 361 g/mol. The lowest BCUT2D eigenvalue weighted by atomic mass is 9.86. The van der Waals surface area contributed by atoms with Gasteiger partial charge in [0.2, 0.25) is 0 Å². The summed E-state index contributed by atoms with van der Waals surface area (Å²) < 4.78 is 46.4. The predicted octanol–water partition coefficient (Wildman–Crippen LogP) is 3.43. The van der Waals surface area contributed by atoms with E-state index < -0.39 is 30.1 Å². The van der Waals surface area contributed by atoms with Crippen LogP contribution >= 0.6 is 0 Å². The van der Waals surface area contributed by atoms with Crippen molar-refractivity contribution in [2.24, 2.45) is 0 Å². The maximum absolute atomic E-state index is 13.5. The number of fused-ring (bicyclic) bond motifs is 2. The third kappa shape index (κ3) is 2.56. The summed E-state index contributed by atoms with van der Waals surface area (Å²) in [6, 6.07) is 13.3. The predicted molar refractivity (Wildman–Crippen MR) is 89.5 cm³/mol. The van der Waals surface area contributed by atoms with Gasteiger partial charge in [-0.1, -0.05) is 43.0 Å². The van der Waals surface area contributed by atoms with Crippen molar-refractivity contribution in [3.8, 4) is 11.5 Å². The number of aliphatic hydroxyl groups is 1. The lowest BCUT2D eigenvalue weighted by molar-refractivity contribution is -0.304. The van der Waals surface area contributed by atoms with E-state index in [1.54, 1.807) is 48.5 Å². The first kappa shape index (κ1) is 17.4. The number of para-hydroxylation sites is 2. The van der Waals surface area contributed by atoms with Gasteiger partial charge in [-0.25, -0.2) is 5.01 Å². The van der Waals surface area contributed by atoms with Crippen LogP contribution in [-0.4, -0.2) is 27.9 Å². The Morgan fingerprint density at radius 3 is 2.19 bits per heavy atom. The average molecular weight is 376 g/mol. The number of benzene rings is 2. The number of nitrogens with one attached hydrogen (secondary N) is 1. The molecule has 1 atom stereocenters. The lowest BCUT2D eigenvalue weighted by Crippen LogP contribution is -2.61. The zero-order valence-electron chi connectivity index (χ0n) is 14.0. The van der Waals surface area contributed by atoms with Gasteiger partial charge in [-0.05, 0) is 12.1 Å². The first-order chi connectivity index (χ1) is 12.7. The molecule has 2 N–H and O–H groups in total. The standard InChI is InChI=1S/C19H15F3N2O3/c1-11-10-18(26,19(20,21)22)24(23-11)17(25)16-12-6-2-4-8-14(12)27-15-9-5-3-7-13(15)16/h2-9,16,23,26H,1,10H2. The summed E-state index contributed by atoms with van der Waals surface area (Å²) in [7, 11) is 0. The summed E-state index contributed by atoms with van der Waals surface area (Å²) in [5, 5.41) is 10.5. The van der Waals surface area contributed by atoms with Crippen molar-refractivity contribution in [2.75, 3.05) is 0 Å². The van der Waals surface area contributed by atoms with E-state index in [4.69, 9.17) is 4.74 Å². The summed E-state index contributed by atoms with van der Waals surface area (Å²) in [6.07, 6.45) is -5.89. The molecule has 2 aliphatic rings. The number of alkyl halides is 3. The third-order valence-electron chi connectivity index (χ3n) is 4.70. The zero-order chi connectivity index (χ0) is 19.4. The highest BCUT2D eigenvalue weighted by Crippen LogP contribution is 2.47. The molecule has 1 unspecified atom stereocenters. The molecule has 0 aliphatic carbocycles. The molecule has 0 bridgehead atoms. The molecule has 2 aromatic carbocycles. The summed E-state index contributed by atoms with van der Waals surface area (Å²) in [6.45, 7) is 3.44. The van der Waals surface area contributed by atoms with Crippen molar-refractivity contribution in [2.45, 2.75) is 24.2 Å². The van der Waals surface area contributed by atoms with Crippen molar-refractivity contribution in [1.29, 1.82) is 0 Å². The topological polar surface area (TPSA) is 61.8 Å². The molecule has 0 radical (unpaired) electrons. The van der Waals surface area contributed by atoms with E-state index in [2.05, 4.69) is 12.0 Å². The van der Waals surface area contributed by atoms with Gasteiger partial charge >= 0.3 is 6.18 Å². The van der Waals surface area contributed by atoms with Crippen LogP contribution in [0.3, 0.4) is 0 Å². The van der Waals surface area contributed by atoms with Crippen LogP contribution in [0.4, 0.5) is 13.2 Å². The monoisotopic (exact) mass is 376 g/mol. The second-order valence-electron chi connectivity index (χ2n) is 6.49. The number of hydrazine groups is 1. The van der Waals surface area contributed by atoms with Crippen LogP contribution in [0, 0.1) is 0 Å². The number of hydrogen-bond donors (Lipinski definition) is 2. The fourth-order valence-electron chi connectivity index (χ4n) is 3.44. The second kappa shape index (κ2) is 5.75. The Morgan fingerprint density at radius 1 is 1.15 bits per heavy atom. The lowest BCUT2D eigenvalue weighted by Gasteiger charge is -2.37. The minimum Gasteiger partial charge on any atom is -0.457 e. The molecule has 0 spiro atoms. The van der Waals surface area contributed by atoms with E-state index in [9.17, 15) is 23.1 Å². The highest BCUT2D eigenvalue weighted by molar-refractivity contribution is 5.90. The molecule has 0 aromatic heterocycles. The fourth-order valence-corrected chi connectivity index (χ4v) is 3.44. The number of halogens is 3. The maximum Gasteiger partial charge on any atom is 0.438 e. The average Bonchev–Trinajstić information content (AvgIpc) is 2.94. The Labute approximate surface area is 152 Å². The number of carbonyl (C=O) groups excluding carboxylic acids is 1. The van der Waals surface area contributed by atoms with Crippen LogP contribution < -0.4 is 10.2 Å². The smallest absolute Gasteiger partial charge is 0.438 e. The maximum atomic E-state index is 13.5. The first-order valence-corrected chi connectivity index (χ1v) is 8.16. The van der Waals surface area contributed by atoms with Gasteiger partial charge in [0.1, 0.15) is 11.5 Å². The summed E-state index contributed by atoms with van der Waals surface area (Å²) >= 11 is 0. The SMILES string of the molecule is C=C1CC(O)(C(F)(F)F)N(C(=O)C2c3ccccc3Oc3ccccc32)N1. The Bertz CT molecular complexity index is 898. The van der Waals surface area contributed by atoms with Crippen molar-refractivity contribution in [1.82, 2.24) is 10.4 Å². The molecule has 2 heterocycles. The first-order valence-electron chi connectivity index (χ1n) is 8.16. The van der Waals surface area contributed by atoms with Crippen LogP contribution in [-0.2, 0) is 4.79 Å². The van der Waals surface area contributed by atoms with Gasteiger partial charge in [-0.3, -0.25) is 10.2 Å². The molecular formula is C19H15F3N2O3. The molecule has 27 heavy (non-hydrogen) atoms. The molecule has 8 heteroatoms. The molecule has 2 aromatic rings. The highest BCUT2D eigenvalue weighted by Gasteiger charge is 2.64. The third-order valence-corrected chi connectivity index (χ3v) is 4.70. The van der Waals surface area contributed by atoms with Gasteiger partial charge in [-0.2, -0.15) is 13.2 Å². The quantitative estimate of drug-likeness (QED) is 0.801. The van der Waals surface area contributed by atoms with E-state index in [1.165, 1.54) is 0 Å². The number of hydrogen-bond acceptors (Lipinski definition) is 4. The molecule has 5 nitrogen and oxygen atoms in total. The molecule has 1 fully saturated rings. The van der Waals surface area contributed by atoms with Gasteiger partial charge in [0.05, 0.1) is 5.92 Å². The highest BCUT2D eigenvalue weighted by atomic mass is 19.4. The van der Waals surface area contributed by atoms with E-state index in [1.807, 2.05) is 0 Å². The molecule has 1 amide bonds. The zero-order valence-corrected chi connectivity index (χ0v) is 14.0. The summed E-state index contributed by atoms with van der Waals surface area (Å²) in [5.74, 6) is -1.26. The van der Waals surface area contributed by atoms with Gasteiger partial charge < -0.3 is 9.84 Å². The molecule has 1 saturated heterocycles. The molecule has 140 valence electrons.